The maximum Gasteiger partial charge on any atom is 0.308 e. The molecular formula is C14H16BrNO5S. The third-order valence-electron chi connectivity index (χ3n) is 3.53. The number of rotatable bonds is 5. The second-order valence-corrected chi connectivity index (χ2v) is 8.30. The molecule has 1 heterocycles. The van der Waals surface area contributed by atoms with Crippen molar-refractivity contribution in [2.75, 3.05) is 18.8 Å². The average Bonchev–Trinajstić information content (AvgIpc) is 2.90. The number of hydrogen-bond acceptors (Lipinski definition) is 4. The van der Waals surface area contributed by atoms with E-state index < -0.39 is 33.4 Å². The molecule has 1 aromatic carbocycles. The molecule has 120 valence electrons. The number of carbonyl (C=O) groups is 2. The highest BCUT2D eigenvalue weighted by molar-refractivity contribution is 9.10. The number of carboxylic acids is 1. The lowest BCUT2D eigenvalue weighted by Crippen LogP contribution is -2.35. The quantitative estimate of drug-likeness (QED) is 0.818. The Morgan fingerprint density at radius 1 is 1.27 bits per heavy atom. The molecule has 22 heavy (non-hydrogen) atoms. The zero-order valence-electron chi connectivity index (χ0n) is 11.7. The van der Waals surface area contributed by atoms with Crippen LogP contribution in [0.5, 0.6) is 0 Å². The zero-order chi connectivity index (χ0) is 16.3. The lowest BCUT2D eigenvalue weighted by Gasteiger charge is -2.15. The van der Waals surface area contributed by atoms with Crippen LogP contribution in [-0.2, 0) is 25.2 Å². The van der Waals surface area contributed by atoms with Gasteiger partial charge in [0, 0.05) is 17.6 Å². The number of hydrogen-bond donors (Lipinski definition) is 1. The Morgan fingerprint density at radius 2 is 1.91 bits per heavy atom. The Labute approximate surface area is 137 Å². The summed E-state index contributed by atoms with van der Waals surface area (Å²) in [6, 6.07) is 6.85. The third-order valence-corrected chi connectivity index (χ3v) is 5.52. The molecular weight excluding hydrogens is 374 g/mol. The van der Waals surface area contributed by atoms with Crippen molar-refractivity contribution in [3.05, 3.63) is 34.3 Å². The predicted octanol–water partition coefficient (Wildman–Crippen LogP) is 1.30. The number of halogens is 1. The van der Waals surface area contributed by atoms with E-state index in [1.165, 1.54) is 4.90 Å². The molecule has 1 N–H and O–H groups in total. The Kier molecular flexibility index (Phi) is 5.23. The molecule has 1 amide bonds. The van der Waals surface area contributed by atoms with Crippen molar-refractivity contribution in [2.45, 2.75) is 12.2 Å². The Bertz CT molecular complexity index is 671. The van der Waals surface area contributed by atoms with E-state index in [-0.39, 0.29) is 12.3 Å². The summed E-state index contributed by atoms with van der Waals surface area (Å²) in [6.07, 6.45) is 0.369. The third kappa shape index (κ3) is 4.54. The Morgan fingerprint density at radius 3 is 2.45 bits per heavy atom. The fourth-order valence-electron chi connectivity index (χ4n) is 2.35. The number of carboxylic acid groups (broad SMARTS) is 1. The minimum Gasteiger partial charge on any atom is -0.481 e. The van der Waals surface area contributed by atoms with Gasteiger partial charge in [0.15, 0.2) is 9.84 Å². The number of nitrogens with zero attached hydrogens (tertiary/aromatic N) is 1. The second-order valence-electron chi connectivity index (χ2n) is 5.32. The van der Waals surface area contributed by atoms with Gasteiger partial charge in [-0.15, -0.1) is 0 Å². The highest BCUT2D eigenvalue weighted by atomic mass is 79.9. The van der Waals surface area contributed by atoms with E-state index in [1.807, 2.05) is 0 Å². The minimum atomic E-state index is -3.58. The summed E-state index contributed by atoms with van der Waals surface area (Å²) >= 11 is 3.27. The molecule has 0 aromatic heterocycles. The van der Waals surface area contributed by atoms with Gasteiger partial charge in [-0.25, -0.2) is 8.42 Å². The van der Waals surface area contributed by atoms with Gasteiger partial charge in [-0.2, -0.15) is 0 Å². The summed E-state index contributed by atoms with van der Waals surface area (Å²) in [4.78, 5) is 24.2. The molecule has 2 rings (SSSR count). The van der Waals surface area contributed by atoms with Crippen LogP contribution < -0.4 is 0 Å². The van der Waals surface area contributed by atoms with Crippen molar-refractivity contribution in [3.63, 3.8) is 0 Å². The average molecular weight is 390 g/mol. The normalized spacial score (nSPS) is 18.4. The largest absolute Gasteiger partial charge is 0.481 e. The van der Waals surface area contributed by atoms with Gasteiger partial charge in [0.1, 0.15) is 5.75 Å². The van der Waals surface area contributed by atoms with E-state index in [9.17, 15) is 18.0 Å². The van der Waals surface area contributed by atoms with Crippen LogP contribution in [0, 0.1) is 5.92 Å². The summed E-state index contributed by atoms with van der Waals surface area (Å²) in [5.74, 6) is -2.87. The fraction of sp³-hybridized carbons (Fsp3) is 0.429. The molecule has 0 saturated carbocycles. The van der Waals surface area contributed by atoms with Gasteiger partial charge in [0.2, 0.25) is 5.91 Å². The van der Waals surface area contributed by atoms with Gasteiger partial charge in [0.05, 0.1) is 11.7 Å². The van der Waals surface area contributed by atoms with Gasteiger partial charge in [-0.1, -0.05) is 28.1 Å². The second kappa shape index (κ2) is 6.78. The number of benzene rings is 1. The van der Waals surface area contributed by atoms with E-state index in [0.717, 1.165) is 4.47 Å². The summed E-state index contributed by atoms with van der Waals surface area (Å²) in [5.41, 5.74) is 0.612. The number of likely N-dealkylation sites (tertiary alicyclic amines) is 1. The molecule has 1 aliphatic rings. The molecule has 0 aliphatic carbocycles. The first-order chi connectivity index (χ1) is 10.3. The maximum absolute atomic E-state index is 12.1. The van der Waals surface area contributed by atoms with Crippen LogP contribution in [-0.4, -0.2) is 49.1 Å². The first kappa shape index (κ1) is 17.0. The topological polar surface area (TPSA) is 91.8 Å². The molecule has 1 fully saturated rings. The summed E-state index contributed by atoms with van der Waals surface area (Å²) in [7, 11) is -3.58. The Hall–Kier alpha value is -1.41. The van der Waals surface area contributed by atoms with Crippen molar-refractivity contribution in [1.82, 2.24) is 4.90 Å². The SMILES string of the molecule is O=C(O)C1CCN(C(=O)CS(=O)(=O)Cc2ccc(Br)cc2)C1. The Balaban J connectivity index is 1.95. The van der Waals surface area contributed by atoms with Gasteiger partial charge in [0.25, 0.3) is 0 Å². The molecule has 1 unspecified atom stereocenters. The van der Waals surface area contributed by atoms with Gasteiger partial charge < -0.3 is 10.0 Å². The molecule has 0 spiro atoms. The van der Waals surface area contributed by atoms with E-state index in [0.29, 0.717) is 18.5 Å². The molecule has 0 radical (unpaired) electrons. The van der Waals surface area contributed by atoms with Crippen LogP contribution in [0.15, 0.2) is 28.7 Å². The van der Waals surface area contributed by atoms with Crippen LogP contribution in [0.4, 0.5) is 0 Å². The van der Waals surface area contributed by atoms with Crippen LogP contribution >= 0.6 is 15.9 Å². The molecule has 1 aromatic rings. The van der Waals surface area contributed by atoms with Gasteiger partial charge in [-0.05, 0) is 24.1 Å². The minimum absolute atomic E-state index is 0.0853. The molecule has 1 saturated heterocycles. The first-order valence-electron chi connectivity index (χ1n) is 6.72. The van der Waals surface area contributed by atoms with Crippen molar-refractivity contribution in [2.24, 2.45) is 5.92 Å². The van der Waals surface area contributed by atoms with Crippen molar-refractivity contribution in [1.29, 1.82) is 0 Å². The van der Waals surface area contributed by atoms with Gasteiger partial charge in [-0.3, -0.25) is 9.59 Å². The summed E-state index contributed by atoms with van der Waals surface area (Å²) < 4.78 is 25.0. The zero-order valence-corrected chi connectivity index (χ0v) is 14.1. The lowest BCUT2D eigenvalue weighted by atomic mass is 10.1. The van der Waals surface area contributed by atoms with E-state index in [1.54, 1.807) is 24.3 Å². The predicted molar refractivity (Wildman–Crippen MR) is 84.0 cm³/mol. The first-order valence-corrected chi connectivity index (χ1v) is 9.34. The highest BCUT2D eigenvalue weighted by Gasteiger charge is 2.32. The molecule has 8 heteroatoms. The smallest absolute Gasteiger partial charge is 0.308 e. The van der Waals surface area contributed by atoms with Crippen LogP contribution in [0.2, 0.25) is 0 Å². The van der Waals surface area contributed by atoms with Gasteiger partial charge >= 0.3 is 5.97 Å². The molecule has 0 bridgehead atoms. The number of carbonyl (C=O) groups excluding carboxylic acids is 1. The number of amides is 1. The lowest BCUT2D eigenvalue weighted by molar-refractivity contribution is -0.141. The van der Waals surface area contributed by atoms with Crippen molar-refractivity contribution < 1.29 is 23.1 Å². The monoisotopic (exact) mass is 389 g/mol. The number of aliphatic carboxylic acids is 1. The molecule has 1 aliphatic heterocycles. The number of sulfone groups is 1. The summed E-state index contributed by atoms with van der Waals surface area (Å²) in [6.45, 7) is 0.381. The molecule has 1 atom stereocenters. The van der Waals surface area contributed by atoms with E-state index in [4.69, 9.17) is 5.11 Å². The van der Waals surface area contributed by atoms with Crippen LogP contribution in [0.1, 0.15) is 12.0 Å². The summed E-state index contributed by atoms with van der Waals surface area (Å²) in [5, 5.41) is 8.90. The van der Waals surface area contributed by atoms with E-state index in [2.05, 4.69) is 15.9 Å². The highest BCUT2D eigenvalue weighted by Crippen LogP contribution is 2.18. The van der Waals surface area contributed by atoms with Crippen LogP contribution in [0.25, 0.3) is 0 Å². The van der Waals surface area contributed by atoms with Crippen molar-refractivity contribution in [3.8, 4) is 0 Å². The maximum atomic E-state index is 12.1. The fourth-order valence-corrected chi connectivity index (χ4v) is 3.98. The molecule has 6 nitrogen and oxygen atoms in total. The van der Waals surface area contributed by atoms with E-state index >= 15 is 0 Å². The van der Waals surface area contributed by atoms with Crippen LogP contribution in [0.3, 0.4) is 0 Å². The standard InChI is InChI=1S/C14H16BrNO5S/c15-12-3-1-10(2-4-12)8-22(20,21)9-13(17)16-6-5-11(7-16)14(18)19/h1-4,11H,5-9H2,(H,18,19). The van der Waals surface area contributed by atoms with Crippen molar-refractivity contribution >= 4 is 37.6 Å².